The van der Waals surface area contributed by atoms with E-state index in [1.54, 1.807) is 21.9 Å². The number of aromatic nitrogens is 2. The lowest BCUT2D eigenvalue weighted by atomic mass is 10.0. The molecule has 2 aromatic heterocycles. The first kappa shape index (κ1) is 33.0. The van der Waals surface area contributed by atoms with Gasteiger partial charge in [-0.1, -0.05) is 28.1 Å². The van der Waals surface area contributed by atoms with Gasteiger partial charge in [0, 0.05) is 36.5 Å². The van der Waals surface area contributed by atoms with Crippen molar-refractivity contribution in [3.63, 3.8) is 0 Å². The second-order valence-corrected chi connectivity index (χ2v) is 13.5. The molecule has 0 aliphatic carbocycles. The Kier molecular flexibility index (Phi) is 10.1. The molecule has 4 heterocycles. The number of anilines is 1. The zero-order valence-electron chi connectivity index (χ0n) is 24.7. The summed E-state index contributed by atoms with van der Waals surface area (Å²) >= 11 is 8.42. The highest BCUT2D eigenvalue weighted by Gasteiger charge is 2.55. The molecule has 1 fully saturated rings. The summed E-state index contributed by atoms with van der Waals surface area (Å²) in [4.78, 5) is 62.6. The number of nitrogens with one attached hydrogen (secondary N) is 1. The molecule has 3 amide bonds. The van der Waals surface area contributed by atoms with E-state index in [1.807, 2.05) is 39.8 Å². The number of aliphatic carboxylic acids is 1. The monoisotopic (exact) mass is 666 g/mol. The lowest BCUT2D eigenvalue weighted by Gasteiger charge is -2.49. The highest BCUT2D eigenvalue weighted by atomic mass is 35.5. The highest BCUT2D eigenvalue weighted by Crippen LogP contribution is 2.40. The van der Waals surface area contributed by atoms with Crippen molar-refractivity contribution in [1.29, 1.82) is 0 Å². The van der Waals surface area contributed by atoms with Crippen molar-refractivity contribution in [3.05, 3.63) is 51.4 Å². The maximum atomic E-state index is 13.2. The maximum absolute atomic E-state index is 13.2. The Morgan fingerprint density at radius 2 is 2.00 bits per heavy atom. The predicted octanol–water partition coefficient (Wildman–Crippen LogP) is 2.21. The number of rotatable bonds is 10. The average Bonchev–Trinajstić information content (AvgIpc) is 3.29. The van der Waals surface area contributed by atoms with Crippen molar-refractivity contribution in [2.24, 2.45) is 5.16 Å². The van der Waals surface area contributed by atoms with Crippen LogP contribution >= 0.6 is 34.7 Å². The number of fused-ring (bicyclic) bond motifs is 1. The first-order chi connectivity index (χ1) is 20.7. The summed E-state index contributed by atoms with van der Waals surface area (Å²) in [5, 5.41) is 15.9. The van der Waals surface area contributed by atoms with Crippen molar-refractivity contribution in [1.82, 2.24) is 20.1 Å². The zero-order chi connectivity index (χ0) is 32.3. The smallest absolute Gasteiger partial charge is 0.410 e. The molecule has 0 unspecified atom stereocenters. The third kappa shape index (κ3) is 7.25. The fraction of sp³-hybridized carbons (Fsp3) is 0.444. The van der Waals surface area contributed by atoms with Gasteiger partial charge in [-0.2, -0.15) is 0 Å². The average molecular weight is 667 g/mol. The number of nitrogens with zero attached hydrogens (tertiary/aromatic N) is 5. The van der Waals surface area contributed by atoms with Crippen LogP contribution in [0.25, 0.3) is 0 Å². The number of halogens is 1. The quantitative estimate of drug-likeness (QED) is 0.147. The molecule has 1 saturated heterocycles. The first-order valence-corrected chi connectivity index (χ1v) is 15.7. The molecule has 4 N–H and O–H groups in total. The van der Waals surface area contributed by atoms with Gasteiger partial charge in [0.2, 0.25) is 0 Å². The number of hydrogen-bond donors (Lipinski definition) is 3. The third-order valence-corrected chi connectivity index (χ3v) is 8.92. The molecule has 17 heteroatoms. The number of thioether (sulfide) groups is 1. The molecule has 0 radical (unpaired) electrons. The van der Waals surface area contributed by atoms with Crippen LogP contribution in [-0.4, -0.2) is 85.9 Å². The summed E-state index contributed by atoms with van der Waals surface area (Å²) in [6, 6.07) is 2.68. The number of amides is 3. The van der Waals surface area contributed by atoms with Crippen LogP contribution in [0.5, 0.6) is 0 Å². The number of oxime groups is 1. The number of ether oxygens (including phenoxy) is 1. The van der Waals surface area contributed by atoms with Crippen LogP contribution in [-0.2, 0) is 37.0 Å². The Balaban J connectivity index is 1.45. The Bertz CT molecular complexity index is 1520. The van der Waals surface area contributed by atoms with Gasteiger partial charge in [-0.05, 0) is 33.3 Å². The van der Waals surface area contributed by atoms with Crippen LogP contribution in [0.15, 0.2) is 41.0 Å². The molecule has 44 heavy (non-hydrogen) atoms. The highest BCUT2D eigenvalue weighted by molar-refractivity contribution is 8.00. The van der Waals surface area contributed by atoms with Gasteiger partial charge >= 0.3 is 12.1 Å². The fourth-order valence-corrected chi connectivity index (χ4v) is 6.80. The minimum atomic E-state index is -1.25. The molecular formula is C27H33ClN7O7S2+. The first-order valence-electron chi connectivity index (χ1n) is 13.4. The SMILES string of the molecule is CCN(Cc1cc[n+](CC2=C(C(=O)O)N3C(=O)[C@@H](NC(=O)/C(=N\OC)c4nc(N)sc4Cl)[C@H]3SC2)cc1)C(=O)OC(C)(C)C. The van der Waals surface area contributed by atoms with E-state index < -0.39 is 40.9 Å². The summed E-state index contributed by atoms with van der Waals surface area (Å²) < 4.78 is 7.39. The van der Waals surface area contributed by atoms with Gasteiger partial charge in [-0.25, -0.2) is 19.1 Å². The van der Waals surface area contributed by atoms with Crippen LogP contribution in [0.1, 0.15) is 39.0 Å². The molecule has 14 nitrogen and oxygen atoms in total. The maximum Gasteiger partial charge on any atom is 0.410 e. The largest absolute Gasteiger partial charge is 0.477 e. The molecule has 2 aliphatic heterocycles. The van der Waals surface area contributed by atoms with E-state index >= 15 is 0 Å². The van der Waals surface area contributed by atoms with Crippen LogP contribution in [0.3, 0.4) is 0 Å². The molecule has 2 aromatic rings. The number of β-lactam (4-membered cyclic amide) rings is 1. The lowest BCUT2D eigenvalue weighted by molar-refractivity contribution is -0.689. The summed E-state index contributed by atoms with van der Waals surface area (Å²) in [5.41, 5.74) is 6.11. The van der Waals surface area contributed by atoms with E-state index in [9.17, 15) is 24.3 Å². The molecule has 2 aliphatic rings. The molecule has 2 atom stereocenters. The van der Waals surface area contributed by atoms with E-state index in [-0.39, 0.29) is 33.1 Å². The van der Waals surface area contributed by atoms with Crippen molar-refractivity contribution in [2.45, 2.75) is 57.8 Å². The Morgan fingerprint density at radius 3 is 2.55 bits per heavy atom. The summed E-state index contributed by atoms with van der Waals surface area (Å²) in [5.74, 6) is -2.28. The van der Waals surface area contributed by atoms with E-state index in [2.05, 4.69) is 15.5 Å². The predicted molar refractivity (Wildman–Crippen MR) is 164 cm³/mol. The molecule has 0 spiro atoms. The number of carboxylic acids is 1. The number of carbonyl (C=O) groups excluding carboxylic acids is 3. The van der Waals surface area contributed by atoms with Crippen molar-refractivity contribution >= 4 is 69.4 Å². The molecule has 0 aromatic carbocycles. The summed E-state index contributed by atoms with van der Waals surface area (Å²) in [6.45, 7) is 8.34. The van der Waals surface area contributed by atoms with Gasteiger partial charge in [-0.3, -0.25) is 14.5 Å². The second kappa shape index (κ2) is 13.4. The fourth-order valence-electron chi connectivity index (χ4n) is 4.53. The third-order valence-electron chi connectivity index (χ3n) is 6.50. The van der Waals surface area contributed by atoms with Crippen LogP contribution < -0.4 is 15.6 Å². The number of thiazole rings is 1. The van der Waals surface area contributed by atoms with Gasteiger partial charge in [-0.15, -0.1) is 11.8 Å². The van der Waals surface area contributed by atoms with Gasteiger partial charge in [0.1, 0.15) is 39.9 Å². The van der Waals surface area contributed by atoms with E-state index in [0.717, 1.165) is 16.9 Å². The minimum Gasteiger partial charge on any atom is -0.477 e. The Labute approximate surface area is 266 Å². The van der Waals surface area contributed by atoms with Crippen LogP contribution in [0, 0.1) is 0 Å². The Morgan fingerprint density at radius 1 is 1.32 bits per heavy atom. The number of nitrogens with two attached hydrogens (primary N) is 1. The topological polar surface area (TPSA) is 181 Å². The van der Waals surface area contributed by atoms with Crippen molar-refractivity contribution in [2.75, 3.05) is 25.1 Å². The number of hydrogen-bond acceptors (Lipinski definition) is 11. The van der Waals surface area contributed by atoms with Crippen LogP contribution in [0.4, 0.5) is 9.93 Å². The van der Waals surface area contributed by atoms with Crippen LogP contribution in [0.2, 0.25) is 4.34 Å². The normalized spacial score (nSPS) is 18.4. The molecule has 4 rings (SSSR count). The van der Waals surface area contributed by atoms with E-state index in [4.69, 9.17) is 26.9 Å². The van der Waals surface area contributed by atoms with Gasteiger partial charge in [0.25, 0.3) is 11.8 Å². The van der Waals surface area contributed by atoms with Gasteiger partial charge in [0.05, 0.1) is 0 Å². The summed E-state index contributed by atoms with van der Waals surface area (Å²) in [6.07, 6.45) is 3.17. The summed E-state index contributed by atoms with van der Waals surface area (Å²) in [7, 11) is 1.24. The molecular weight excluding hydrogens is 634 g/mol. The van der Waals surface area contributed by atoms with Crippen molar-refractivity contribution < 1.29 is 38.4 Å². The molecule has 0 saturated carbocycles. The van der Waals surface area contributed by atoms with Gasteiger partial charge < -0.3 is 30.6 Å². The lowest BCUT2D eigenvalue weighted by Crippen LogP contribution is -2.71. The number of carbonyl (C=O) groups is 4. The van der Waals surface area contributed by atoms with Crippen molar-refractivity contribution in [3.8, 4) is 0 Å². The standard InChI is InChI=1S/C27H32ClN7O7S2/c1-6-34(26(40)42-27(2,3)4)11-14-7-9-33(10-8-14)12-15-13-43-23-18(22(37)35(23)19(15)24(38)39)30-21(36)17(32-41-5)16-20(28)44-25(29)31-16/h7-10,18,23H,6,11-13H2,1-5H3,(H3-,29,30,31,36,38,39)/p+1/b32-17-/t18-,23-/m1/s1. The Hall–Kier alpha value is -3.89. The second-order valence-electron chi connectivity index (χ2n) is 10.8. The van der Waals surface area contributed by atoms with Gasteiger partial charge in [0.15, 0.2) is 29.8 Å². The molecule has 236 valence electrons. The molecule has 0 bridgehead atoms. The number of pyridine rings is 1. The minimum absolute atomic E-state index is 0.0112. The van der Waals surface area contributed by atoms with E-state index in [1.165, 1.54) is 23.8 Å². The van der Waals surface area contributed by atoms with E-state index in [0.29, 0.717) is 24.4 Å². The zero-order valence-corrected chi connectivity index (χ0v) is 27.1. The number of nitrogen functional groups attached to an aromatic ring is 1. The number of carboxylic acid groups (broad SMARTS) is 1.